The lowest BCUT2D eigenvalue weighted by atomic mass is 10.1. The molecular weight excluding hydrogens is 316 g/mol. The third-order valence-corrected chi connectivity index (χ3v) is 4.51. The van der Waals surface area contributed by atoms with Gasteiger partial charge in [0.05, 0.1) is 12.7 Å². The fraction of sp³-hybridized carbons (Fsp3) is 0.474. The number of ether oxygens (including phenoxy) is 1. The molecule has 1 aliphatic rings. The van der Waals surface area contributed by atoms with E-state index in [2.05, 4.69) is 27.0 Å². The lowest BCUT2D eigenvalue weighted by Gasteiger charge is -2.33. The number of hydrogen-bond acceptors (Lipinski definition) is 3. The molecule has 2 heterocycles. The van der Waals surface area contributed by atoms with Crippen molar-refractivity contribution in [2.45, 2.75) is 32.4 Å². The van der Waals surface area contributed by atoms with Crippen molar-refractivity contribution < 1.29 is 9.53 Å². The summed E-state index contributed by atoms with van der Waals surface area (Å²) >= 11 is 0. The molecule has 0 spiro atoms. The molecule has 25 heavy (non-hydrogen) atoms. The van der Waals surface area contributed by atoms with E-state index in [4.69, 9.17) is 4.74 Å². The van der Waals surface area contributed by atoms with Gasteiger partial charge < -0.3 is 19.5 Å². The maximum atomic E-state index is 12.4. The Kier molecular flexibility index (Phi) is 6.06. The molecule has 1 aromatic heterocycles. The second-order valence-corrected chi connectivity index (χ2v) is 6.38. The number of imidazole rings is 1. The summed E-state index contributed by atoms with van der Waals surface area (Å²) in [6.45, 7) is 5.40. The minimum atomic E-state index is 0.00344. The van der Waals surface area contributed by atoms with Gasteiger partial charge in [-0.25, -0.2) is 9.78 Å². The largest absolute Gasteiger partial charge is 0.374 e. The number of hydrogen-bond donors (Lipinski definition) is 1. The number of nitrogens with one attached hydrogen (secondary N) is 1. The Bertz CT molecular complexity index is 671. The van der Waals surface area contributed by atoms with Gasteiger partial charge in [-0.05, 0) is 18.9 Å². The zero-order chi connectivity index (χ0) is 17.5. The molecule has 1 N–H and O–H groups in total. The van der Waals surface area contributed by atoms with Crippen LogP contribution in [0.5, 0.6) is 0 Å². The Morgan fingerprint density at radius 3 is 2.96 bits per heavy atom. The first kappa shape index (κ1) is 17.5. The van der Waals surface area contributed by atoms with Crippen LogP contribution in [0.25, 0.3) is 0 Å². The molecule has 0 radical (unpaired) electrons. The number of carbonyl (C=O) groups excluding carboxylic acids is 1. The van der Waals surface area contributed by atoms with Gasteiger partial charge in [0.25, 0.3) is 0 Å². The van der Waals surface area contributed by atoms with Crippen molar-refractivity contribution in [3.8, 4) is 0 Å². The number of aromatic nitrogens is 2. The number of morpholine rings is 1. The molecule has 2 amide bonds. The van der Waals surface area contributed by atoms with Crippen LogP contribution in [0, 0.1) is 6.92 Å². The van der Waals surface area contributed by atoms with Crippen molar-refractivity contribution in [2.24, 2.45) is 0 Å². The summed E-state index contributed by atoms with van der Waals surface area (Å²) in [6.07, 6.45) is 5.56. The van der Waals surface area contributed by atoms with Crippen molar-refractivity contribution in [3.63, 3.8) is 0 Å². The first-order valence-electron chi connectivity index (χ1n) is 8.88. The Labute approximate surface area is 148 Å². The van der Waals surface area contributed by atoms with Crippen LogP contribution in [0.1, 0.15) is 17.8 Å². The van der Waals surface area contributed by atoms with E-state index < -0.39 is 0 Å². The molecule has 6 nitrogen and oxygen atoms in total. The third-order valence-electron chi connectivity index (χ3n) is 4.51. The van der Waals surface area contributed by atoms with E-state index in [1.54, 1.807) is 6.20 Å². The van der Waals surface area contributed by atoms with Gasteiger partial charge in [0.2, 0.25) is 0 Å². The van der Waals surface area contributed by atoms with Crippen LogP contribution in [0.15, 0.2) is 42.7 Å². The van der Waals surface area contributed by atoms with Gasteiger partial charge >= 0.3 is 6.03 Å². The summed E-state index contributed by atoms with van der Waals surface area (Å²) in [5.41, 5.74) is 1.24. The monoisotopic (exact) mass is 342 g/mol. The number of benzene rings is 1. The zero-order valence-electron chi connectivity index (χ0n) is 14.7. The molecule has 1 unspecified atom stereocenters. The smallest absolute Gasteiger partial charge is 0.317 e. The second kappa shape index (κ2) is 8.67. The lowest BCUT2D eigenvalue weighted by Crippen LogP contribution is -2.50. The molecule has 1 aromatic carbocycles. The Morgan fingerprint density at radius 2 is 2.20 bits per heavy atom. The maximum Gasteiger partial charge on any atom is 0.317 e. The van der Waals surface area contributed by atoms with Gasteiger partial charge in [0.1, 0.15) is 5.82 Å². The quantitative estimate of drug-likeness (QED) is 0.819. The molecule has 134 valence electrons. The fourth-order valence-electron chi connectivity index (χ4n) is 3.10. The molecule has 1 saturated heterocycles. The molecule has 2 aromatic rings. The molecule has 1 atom stereocenters. The highest BCUT2D eigenvalue weighted by atomic mass is 16.5. The van der Waals surface area contributed by atoms with Crippen molar-refractivity contribution in [1.29, 1.82) is 0 Å². The van der Waals surface area contributed by atoms with Crippen LogP contribution in [0.3, 0.4) is 0 Å². The van der Waals surface area contributed by atoms with Crippen LogP contribution < -0.4 is 5.32 Å². The Balaban J connectivity index is 1.40. The SMILES string of the molecule is Cc1nccn1CCCNC(=O)N1CCOC(Cc2ccccc2)C1. The van der Waals surface area contributed by atoms with E-state index in [1.807, 2.05) is 36.2 Å². The van der Waals surface area contributed by atoms with E-state index in [-0.39, 0.29) is 12.1 Å². The summed E-state index contributed by atoms with van der Waals surface area (Å²) in [5.74, 6) is 1.00. The van der Waals surface area contributed by atoms with E-state index in [1.165, 1.54) is 5.56 Å². The number of rotatable bonds is 6. The number of carbonyl (C=O) groups is 1. The molecule has 6 heteroatoms. The predicted molar refractivity (Wildman–Crippen MR) is 96.4 cm³/mol. The van der Waals surface area contributed by atoms with Gasteiger partial charge in [-0.2, -0.15) is 0 Å². The van der Waals surface area contributed by atoms with Crippen LogP contribution in [-0.2, 0) is 17.7 Å². The van der Waals surface area contributed by atoms with Crippen LogP contribution in [0.4, 0.5) is 4.79 Å². The van der Waals surface area contributed by atoms with Gasteiger partial charge in [0, 0.05) is 45.0 Å². The first-order valence-corrected chi connectivity index (χ1v) is 8.88. The summed E-state index contributed by atoms with van der Waals surface area (Å²) < 4.78 is 7.91. The minimum absolute atomic E-state index is 0.00344. The van der Waals surface area contributed by atoms with Gasteiger partial charge in [-0.3, -0.25) is 0 Å². The maximum absolute atomic E-state index is 12.4. The standard InChI is InChI=1S/C19H26N4O2/c1-16-20-9-11-22(16)10-5-8-21-19(24)23-12-13-25-18(15-23)14-17-6-3-2-4-7-17/h2-4,6-7,9,11,18H,5,8,10,12-15H2,1H3,(H,21,24). The average Bonchev–Trinajstić information content (AvgIpc) is 3.04. The number of urea groups is 1. The molecule has 1 aliphatic heterocycles. The highest BCUT2D eigenvalue weighted by Gasteiger charge is 2.24. The van der Waals surface area contributed by atoms with Crippen molar-refractivity contribution in [1.82, 2.24) is 19.8 Å². The van der Waals surface area contributed by atoms with Crippen molar-refractivity contribution in [2.75, 3.05) is 26.2 Å². The predicted octanol–water partition coefficient (Wildman–Crippen LogP) is 2.23. The van der Waals surface area contributed by atoms with Gasteiger partial charge in [0.15, 0.2) is 0 Å². The summed E-state index contributed by atoms with van der Waals surface area (Å²) in [4.78, 5) is 18.4. The molecular formula is C19H26N4O2. The van der Waals surface area contributed by atoms with Gasteiger partial charge in [-0.1, -0.05) is 30.3 Å². The number of amides is 2. The summed E-state index contributed by atoms with van der Waals surface area (Å²) in [7, 11) is 0. The Morgan fingerprint density at radius 1 is 1.36 bits per heavy atom. The highest BCUT2D eigenvalue weighted by Crippen LogP contribution is 2.12. The van der Waals surface area contributed by atoms with Crippen LogP contribution in [0.2, 0.25) is 0 Å². The van der Waals surface area contributed by atoms with Crippen LogP contribution in [-0.4, -0.2) is 52.8 Å². The van der Waals surface area contributed by atoms with Gasteiger partial charge in [-0.15, -0.1) is 0 Å². The molecule has 0 bridgehead atoms. The summed E-state index contributed by atoms with van der Waals surface area (Å²) in [6, 6.07) is 10.3. The first-order chi connectivity index (χ1) is 12.2. The normalized spacial score (nSPS) is 17.5. The van der Waals surface area contributed by atoms with Crippen molar-refractivity contribution in [3.05, 3.63) is 54.1 Å². The van der Waals surface area contributed by atoms with E-state index >= 15 is 0 Å². The number of aryl methyl sites for hydroxylation is 2. The zero-order valence-corrected chi connectivity index (χ0v) is 14.7. The third kappa shape index (κ3) is 5.06. The minimum Gasteiger partial charge on any atom is -0.374 e. The highest BCUT2D eigenvalue weighted by molar-refractivity contribution is 5.74. The van der Waals surface area contributed by atoms with E-state index in [0.29, 0.717) is 26.2 Å². The molecule has 3 rings (SSSR count). The number of nitrogens with zero attached hydrogens (tertiary/aromatic N) is 3. The van der Waals surface area contributed by atoms with E-state index in [9.17, 15) is 4.79 Å². The topological polar surface area (TPSA) is 59.4 Å². The fourth-order valence-corrected chi connectivity index (χ4v) is 3.10. The molecule has 0 aliphatic carbocycles. The Hall–Kier alpha value is -2.34. The molecule has 1 fully saturated rings. The lowest BCUT2D eigenvalue weighted by molar-refractivity contribution is -0.0132. The van der Waals surface area contributed by atoms with Crippen molar-refractivity contribution >= 4 is 6.03 Å². The van der Waals surface area contributed by atoms with Crippen LogP contribution >= 0.6 is 0 Å². The van der Waals surface area contributed by atoms with E-state index in [0.717, 1.165) is 25.2 Å². The average molecular weight is 342 g/mol. The second-order valence-electron chi connectivity index (χ2n) is 6.38. The molecule has 0 saturated carbocycles. The summed E-state index contributed by atoms with van der Waals surface area (Å²) in [5, 5.41) is 3.02.